The molecule has 0 bridgehead atoms. The Morgan fingerprint density at radius 3 is 2.63 bits per heavy atom. The summed E-state index contributed by atoms with van der Waals surface area (Å²) in [6.07, 6.45) is 6.08. The lowest BCUT2D eigenvalue weighted by atomic mass is 10.0. The second kappa shape index (κ2) is 15.3. The van der Waals surface area contributed by atoms with Gasteiger partial charge in [-0.05, 0) is 69.2 Å². The van der Waals surface area contributed by atoms with E-state index in [2.05, 4.69) is 25.3 Å². The molecule has 1 saturated heterocycles. The van der Waals surface area contributed by atoms with Crippen molar-refractivity contribution in [3.63, 3.8) is 0 Å². The lowest BCUT2D eigenvalue weighted by Crippen LogP contribution is -2.59. The zero-order chi connectivity index (χ0) is 38.2. The highest BCUT2D eigenvalue weighted by Crippen LogP contribution is 2.46. The summed E-state index contributed by atoms with van der Waals surface area (Å²) in [6, 6.07) is 7.48. The molecule has 2 aromatic carbocycles. The number of ether oxygens (including phenoxy) is 1. The zero-order valence-corrected chi connectivity index (χ0v) is 30.7. The third-order valence-electron chi connectivity index (χ3n) is 10.7. The van der Waals surface area contributed by atoms with E-state index in [1.165, 1.54) is 47.4 Å². The number of aliphatic hydroxyl groups is 1. The molecule has 16 heteroatoms. The Bertz CT molecular complexity index is 2080. The van der Waals surface area contributed by atoms with Gasteiger partial charge in [-0.25, -0.2) is 27.2 Å². The predicted molar refractivity (Wildman–Crippen MR) is 193 cm³/mol. The first kappa shape index (κ1) is 37.8. The summed E-state index contributed by atoms with van der Waals surface area (Å²) in [5.74, 6) is -3.75. The van der Waals surface area contributed by atoms with Gasteiger partial charge in [-0.15, -0.1) is 0 Å². The topological polar surface area (TPSA) is 180 Å². The largest absolute Gasteiger partial charge is 0.472 e. The number of allylic oxidation sites excluding steroid dienone is 1. The minimum Gasteiger partial charge on any atom is -0.472 e. The van der Waals surface area contributed by atoms with Gasteiger partial charge in [0, 0.05) is 24.9 Å². The van der Waals surface area contributed by atoms with Crippen molar-refractivity contribution in [3.8, 4) is 5.88 Å². The van der Waals surface area contributed by atoms with E-state index >= 15 is 0 Å². The van der Waals surface area contributed by atoms with Crippen LogP contribution in [-0.2, 0) is 26.0 Å². The Morgan fingerprint density at radius 1 is 1.07 bits per heavy atom. The van der Waals surface area contributed by atoms with Gasteiger partial charge in [0.2, 0.25) is 21.8 Å². The highest BCUT2D eigenvalue weighted by atomic mass is 32.2. The number of aromatic nitrogens is 2. The molecule has 2 unspecified atom stereocenters. The molecule has 2 aliphatic heterocycles. The number of fused-ring (bicyclic) bond motifs is 3. The number of aliphatic hydroxyl groups excluding tert-OH is 1. The molecule has 3 fully saturated rings. The van der Waals surface area contributed by atoms with Gasteiger partial charge in [0.15, 0.2) is 0 Å². The summed E-state index contributed by atoms with van der Waals surface area (Å²) < 4.78 is 63.0. The van der Waals surface area contributed by atoms with Crippen molar-refractivity contribution < 1.29 is 41.4 Å². The van der Waals surface area contributed by atoms with Crippen molar-refractivity contribution in [2.24, 2.45) is 5.92 Å². The number of sulfonamides is 1. The molecule has 54 heavy (non-hydrogen) atoms. The first-order valence-corrected chi connectivity index (χ1v) is 20.1. The molecule has 4 N–H and O–H groups in total. The number of benzene rings is 2. The molecular weight excluding hydrogens is 723 g/mol. The average Bonchev–Trinajstić information content (AvgIpc) is 4.07. The fourth-order valence-electron chi connectivity index (χ4n) is 7.44. The first-order valence-electron chi connectivity index (χ1n) is 18.6. The van der Waals surface area contributed by atoms with Gasteiger partial charge >= 0.3 is 0 Å². The van der Waals surface area contributed by atoms with Crippen LogP contribution < -0.4 is 20.1 Å². The third-order valence-corrected chi connectivity index (χ3v) is 12.6. The predicted octanol–water partition coefficient (Wildman–Crippen LogP) is 3.41. The van der Waals surface area contributed by atoms with E-state index in [9.17, 15) is 36.7 Å². The van der Waals surface area contributed by atoms with Crippen LogP contribution in [0.2, 0.25) is 0 Å². The maximum atomic E-state index is 14.7. The molecule has 2 saturated carbocycles. The Balaban J connectivity index is 1.21. The Hall–Kier alpha value is -4.54. The number of nitrogens with one attached hydrogen (secondary N) is 3. The number of hydrogen-bond acceptors (Lipinski definition) is 10. The van der Waals surface area contributed by atoms with Crippen molar-refractivity contribution in [1.29, 1.82) is 0 Å². The maximum Gasteiger partial charge on any atom is 0.259 e. The van der Waals surface area contributed by atoms with Crippen molar-refractivity contribution in [1.82, 2.24) is 30.2 Å². The molecular formula is C38H44F2N6O7S. The molecule has 1 aromatic heterocycles. The zero-order valence-electron chi connectivity index (χ0n) is 29.8. The molecule has 0 radical (unpaired) electrons. The normalized spacial score (nSPS) is 28.4. The molecule has 6 atom stereocenters. The van der Waals surface area contributed by atoms with Gasteiger partial charge < -0.3 is 20.5 Å². The SMILES string of the molecule is CCc1nc2ccc(F)cc2nc1O[C@@H]1C[C@H]2C(=O)N[C@]3(C(=O)NS(=O)(=O)C4CC4)CC3/C=C\CCCCC[C@H](NC(=O)c3ccccc3F)C(O)N2C1. The summed E-state index contributed by atoms with van der Waals surface area (Å²) in [5, 5.41) is 17.1. The number of aryl methyl sites for hydroxylation is 1. The van der Waals surface area contributed by atoms with E-state index in [0.717, 1.165) is 12.8 Å². The van der Waals surface area contributed by atoms with E-state index in [4.69, 9.17) is 4.74 Å². The highest BCUT2D eigenvalue weighted by Gasteiger charge is 2.62. The first-order chi connectivity index (χ1) is 25.9. The molecule has 4 aliphatic rings. The number of carbonyl (C=O) groups excluding carboxylic acids is 3. The quantitative estimate of drug-likeness (QED) is 0.248. The van der Waals surface area contributed by atoms with Crippen LogP contribution in [0.5, 0.6) is 5.88 Å². The van der Waals surface area contributed by atoms with Gasteiger partial charge in [0.25, 0.3) is 11.8 Å². The Labute approximate surface area is 312 Å². The van der Waals surface area contributed by atoms with Gasteiger partial charge in [-0.2, -0.15) is 0 Å². The fraction of sp³-hybridized carbons (Fsp3) is 0.500. The smallest absolute Gasteiger partial charge is 0.259 e. The van der Waals surface area contributed by atoms with Crippen LogP contribution in [0, 0.1) is 17.6 Å². The van der Waals surface area contributed by atoms with Gasteiger partial charge in [0.05, 0.1) is 33.9 Å². The van der Waals surface area contributed by atoms with E-state index in [-0.39, 0.29) is 36.3 Å². The number of nitrogens with zero attached hydrogens (tertiary/aromatic N) is 3. The maximum absolute atomic E-state index is 14.7. The molecule has 7 rings (SSSR count). The number of halogens is 2. The van der Waals surface area contributed by atoms with E-state index in [1.807, 2.05) is 19.1 Å². The number of amides is 3. The fourth-order valence-corrected chi connectivity index (χ4v) is 8.80. The second-order valence-electron chi connectivity index (χ2n) is 14.6. The monoisotopic (exact) mass is 766 g/mol. The number of carbonyl (C=O) groups is 3. The van der Waals surface area contributed by atoms with E-state index in [0.29, 0.717) is 49.7 Å². The van der Waals surface area contributed by atoms with Crippen LogP contribution in [0.4, 0.5) is 8.78 Å². The van der Waals surface area contributed by atoms with Crippen molar-refractivity contribution >= 4 is 38.8 Å². The molecule has 0 spiro atoms. The van der Waals surface area contributed by atoms with Crippen LogP contribution in [-0.4, -0.2) is 87.9 Å². The van der Waals surface area contributed by atoms with Crippen molar-refractivity contribution in [2.75, 3.05) is 6.54 Å². The van der Waals surface area contributed by atoms with Crippen molar-refractivity contribution in [2.45, 2.75) is 106 Å². The number of hydrogen-bond donors (Lipinski definition) is 4. The summed E-state index contributed by atoms with van der Waals surface area (Å²) >= 11 is 0. The minimum absolute atomic E-state index is 0.00146. The van der Waals surface area contributed by atoms with Crippen LogP contribution in [0.1, 0.15) is 80.8 Å². The van der Waals surface area contributed by atoms with Gasteiger partial charge in [-0.1, -0.05) is 44.1 Å². The van der Waals surface area contributed by atoms with Gasteiger partial charge in [0.1, 0.15) is 35.2 Å². The Morgan fingerprint density at radius 2 is 1.87 bits per heavy atom. The summed E-state index contributed by atoms with van der Waals surface area (Å²) in [5.41, 5.74) is -0.491. The lowest BCUT2D eigenvalue weighted by Gasteiger charge is -2.35. The van der Waals surface area contributed by atoms with Crippen LogP contribution in [0.3, 0.4) is 0 Å². The van der Waals surface area contributed by atoms with Crippen LogP contribution in [0.25, 0.3) is 11.0 Å². The summed E-state index contributed by atoms with van der Waals surface area (Å²) in [6.45, 7) is 1.83. The minimum atomic E-state index is -3.92. The standard InChI is InChI=1S/C38H44F2N6O7S/c1-2-28-35(43-31-18-23(39)14-17-29(31)41-28)53-24-19-32-34(48)44-38(37(50)45-54(51,52)25-15-16-25)20-22(38)10-6-4-3-5-7-13-30(36(49)46(32)21-24)42-33(47)26-11-8-9-12-27(26)40/h6,8-12,14,17-18,22,24-25,30,32,36,49H,2-5,7,13,15-16,19-21H2,1H3,(H,42,47)(H,44,48)(H,45,50)/b10-6-/t22?,24-,30+,32+,36?,38-/m1/s1. The van der Waals surface area contributed by atoms with Crippen LogP contribution in [0.15, 0.2) is 54.6 Å². The van der Waals surface area contributed by atoms with E-state index < -0.39 is 80.5 Å². The van der Waals surface area contributed by atoms with E-state index in [1.54, 1.807) is 0 Å². The second-order valence-corrected chi connectivity index (χ2v) is 16.6. The van der Waals surface area contributed by atoms with Crippen LogP contribution >= 0.6 is 0 Å². The molecule has 3 amide bonds. The summed E-state index contributed by atoms with van der Waals surface area (Å²) in [7, 11) is -3.92. The Kier molecular flexibility index (Phi) is 10.7. The highest BCUT2D eigenvalue weighted by molar-refractivity contribution is 7.91. The van der Waals surface area contributed by atoms with Crippen molar-refractivity contribution in [3.05, 3.63) is 77.5 Å². The molecule has 13 nitrogen and oxygen atoms in total. The number of rotatable bonds is 8. The third kappa shape index (κ3) is 7.96. The molecule has 288 valence electrons. The van der Waals surface area contributed by atoms with Gasteiger partial charge in [-0.3, -0.25) is 24.0 Å². The molecule has 3 aromatic rings. The summed E-state index contributed by atoms with van der Waals surface area (Å²) in [4.78, 5) is 52.1. The lowest BCUT2D eigenvalue weighted by molar-refractivity contribution is -0.135. The average molecular weight is 767 g/mol. The molecule has 3 heterocycles. The molecule has 2 aliphatic carbocycles.